The normalized spacial score (nSPS) is 10.2. The van der Waals surface area contributed by atoms with Crippen molar-refractivity contribution in [1.82, 2.24) is 0 Å². The molecule has 132 valence electrons. The van der Waals surface area contributed by atoms with Gasteiger partial charge in [-0.2, -0.15) is 4.73 Å². The third-order valence-electron chi connectivity index (χ3n) is 3.18. The Hall–Kier alpha value is -3.14. The molecule has 10 heteroatoms. The summed E-state index contributed by atoms with van der Waals surface area (Å²) in [6, 6.07) is 2.56. The largest absolute Gasteiger partial charge is 0.619 e. The Kier molecular flexibility index (Phi) is 5.55. The standard InChI is InChI=1S/C15H14N2O7S/c1-22-14(19)10-9(11(15(20)23-2)25-12(10)16)7-24-13(18)8-3-5-17(21)6-4-8/h3-6H,7,16H2,1-2H3. The Morgan fingerprint density at radius 3 is 2.28 bits per heavy atom. The molecule has 9 nitrogen and oxygen atoms in total. The monoisotopic (exact) mass is 366 g/mol. The van der Waals surface area contributed by atoms with Crippen LogP contribution in [-0.2, 0) is 20.8 Å². The quantitative estimate of drug-likeness (QED) is 0.357. The molecular weight excluding hydrogens is 352 g/mol. The van der Waals surface area contributed by atoms with Gasteiger partial charge < -0.3 is 25.2 Å². The van der Waals surface area contributed by atoms with Gasteiger partial charge >= 0.3 is 17.9 Å². The van der Waals surface area contributed by atoms with Crippen molar-refractivity contribution in [1.29, 1.82) is 0 Å². The van der Waals surface area contributed by atoms with Gasteiger partial charge in [-0.05, 0) is 0 Å². The first-order valence-electron chi connectivity index (χ1n) is 6.82. The average molecular weight is 366 g/mol. The summed E-state index contributed by atoms with van der Waals surface area (Å²) < 4.78 is 14.9. The van der Waals surface area contributed by atoms with Crippen molar-refractivity contribution in [3.63, 3.8) is 0 Å². The molecule has 0 fully saturated rings. The van der Waals surface area contributed by atoms with Crippen LogP contribution in [0.25, 0.3) is 0 Å². The van der Waals surface area contributed by atoms with Crippen LogP contribution in [0, 0.1) is 5.21 Å². The Morgan fingerprint density at radius 2 is 1.72 bits per heavy atom. The van der Waals surface area contributed by atoms with E-state index in [4.69, 9.17) is 10.5 Å². The molecule has 2 aromatic rings. The number of nitrogen functional groups attached to an aromatic ring is 1. The summed E-state index contributed by atoms with van der Waals surface area (Å²) in [4.78, 5) is 35.9. The topological polar surface area (TPSA) is 132 Å². The summed E-state index contributed by atoms with van der Waals surface area (Å²) in [5.74, 6) is -2.22. The smallest absolute Gasteiger partial charge is 0.348 e. The number of esters is 3. The second kappa shape index (κ2) is 7.62. The summed E-state index contributed by atoms with van der Waals surface area (Å²) >= 11 is 0.833. The third-order valence-corrected chi connectivity index (χ3v) is 4.22. The Balaban J connectivity index is 2.30. The molecule has 0 aliphatic rings. The minimum Gasteiger partial charge on any atom is -0.619 e. The highest BCUT2D eigenvalue weighted by Crippen LogP contribution is 2.33. The van der Waals surface area contributed by atoms with E-state index in [2.05, 4.69) is 9.47 Å². The highest BCUT2D eigenvalue weighted by atomic mass is 32.1. The maximum atomic E-state index is 12.0. The summed E-state index contributed by atoms with van der Waals surface area (Å²) in [7, 11) is 2.34. The zero-order valence-corrected chi connectivity index (χ0v) is 14.1. The molecule has 0 atom stereocenters. The van der Waals surface area contributed by atoms with Gasteiger partial charge in [0.05, 0.1) is 19.8 Å². The predicted octanol–water partition coefficient (Wildman–Crippen LogP) is 0.894. The van der Waals surface area contributed by atoms with Gasteiger partial charge in [-0.1, -0.05) is 0 Å². The SMILES string of the molecule is COC(=O)c1sc(N)c(C(=O)OC)c1COC(=O)c1cc[n+]([O-])cc1. The summed E-state index contributed by atoms with van der Waals surface area (Å²) in [5, 5.41) is 11.0. The molecule has 0 bridgehead atoms. The van der Waals surface area contributed by atoms with E-state index in [1.807, 2.05) is 0 Å². The van der Waals surface area contributed by atoms with E-state index in [0.717, 1.165) is 30.8 Å². The molecule has 25 heavy (non-hydrogen) atoms. The molecule has 0 aliphatic heterocycles. The zero-order valence-electron chi connectivity index (χ0n) is 13.3. The zero-order chi connectivity index (χ0) is 18.6. The van der Waals surface area contributed by atoms with Crippen LogP contribution in [0.5, 0.6) is 0 Å². The van der Waals surface area contributed by atoms with Crippen molar-refractivity contribution in [2.24, 2.45) is 0 Å². The second-order valence-electron chi connectivity index (χ2n) is 4.65. The summed E-state index contributed by atoms with van der Waals surface area (Å²) in [6.07, 6.45) is 2.28. The van der Waals surface area contributed by atoms with E-state index in [0.29, 0.717) is 4.73 Å². The average Bonchev–Trinajstić information content (AvgIpc) is 2.95. The van der Waals surface area contributed by atoms with Crippen molar-refractivity contribution in [3.8, 4) is 0 Å². The maximum Gasteiger partial charge on any atom is 0.348 e. The van der Waals surface area contributed by atoms with Crippen molar-refractivity contribution in [2.45, 2.75) is 6.61 Å². The molecule has 0 saturated heterocycles. The summed E-state index contributed by atoms with van der Waals surface area (Å²) in [5.41, 5.74) is 5.96. The van der Waals surface area contributed by atoms with Gasteiger partial charge in [-0.25, -0.2) is 14.4 Å². The lowest BCUT2D eigenvalue weighted by molar-refractivity contribution is -0.605. The number of pyridine rings is 1. The van der Waals surface area contributed by atoms with Crippen LogP contribution >= 0.6 is 11.3 Å². The Bertz CT molecular complexity index is 814. The van der Waals surface area contributed by atoms with Gasteiger partial charge in [0.2, 0.25) is 0 Å². The highest BCUT2D eigenvalue weighted by molar-refractivity contribution is 7.18. The van der Waals surface area contributed by atoms with Gasteiger partial charge in [-0.15, -0.1) is 11.3 Å². The first-order valence-corrected chi connectivity index (χ1v) is 7.64. The highest BCUT2D eigenvalue weighted by Gasteiger charge is 2.28. The molecule has 2 rings (SSSR count). The van der Waals surface area contributed by atoms with Crippen LogP contribution < -0.4 is 10.5 Å². The molecule has 2 heterocycles. The number of ether oxygens (including phenoxy) is 3. The minimum absolute atomic E-state index is 0.0404. The molecule has 0 spiro atoms. The molecule has 0 aromatic carbocycles. The molecule has 0 aliphatic carbocycles. The molecular formula is C15H14N2O7S. The first kappa shape index (κ1) is 18.2. The van der Waals surface area contributed by atoms with Gasteiger partial charge in [0.25, 0.3) is 0 Å². The van der Waals surface area contributed by atoms with Gasteiger partial charge in [0.15, 0.2) is 12.4 Å². The van der Waals surface area contributed by atoms with Crippen molar-refractivity contribution in [3.05, 3.63) is 51.3 Å². The molecule has 0 amide bonds. The molecule has 0 unspecified atom stereocenters. The molecule has 2 aromatic heterocycles. The number of hydrogen-bond donors (Lipinski definition) is 1. The number of carbonyl (C=O) groups excluding carboxylic acids is 3. The lowest BCUT2D eigenvalue weighted by atomic mass is 10.1. The number of nitrogens with two attached hydrogens (primary N) is 1. The third kappa shape index (κ3) is 3.86. The fraction of sp³-hybridized carbons (Fsp3) is 0.200. The summed E-state index contributed by atoms with van der Waals surface area (Å²) in [6.45, 7) is -0.395. The number of nitrogens with zero attached hydrogens (tertiary/aromatic N) is 1. The van der Waals surface area contributed by atoms with E-state index in [9.17, 15) is 19.6 Å². The van der Waals surface area contributed by atoms with Crippen LogP contribution in [0.1, 0.15) is 36.0 Å². The van der Waals surface area contributed by atoms with Crippen LogP contribution in [0.4, 0.5) is 5.00 Å². The van der Waals surface area contributed by atoms with E-state index >= 15 is 0 Å². The van der Waals surface area contributed by atoms with Crippen LogP contribution in [0.2, 0.25) is 0 Å². The number of carbonyl (C=O) groups is 3. The fourth-order valence-corrected chi connectivity index (χ4v) is 2.96. The van der Waals surface area contributed by atoms with E-state index in [-0.39, 0.29) is 26.6 Å². The lowest BCUT2D eigenvalue weighted by Gasteiger charge is -2.08. The van der Waals surface area contributed by atoms with E-state index < -0.39 is 24.5 Å². The number of anilines is 1. The number of rotatable bonds is 5. The number of thiophene rings is 1. The fourth-order valence-electron chi connectivity index (χ4n) is 1.98. The molecule has 2 N–H and O–H groups in total. The molecule has 0 radical (unpaired) electrons. The Labute approximate surface area is 146 Å². The van der Waals surface area contributed by atoms with Gasteiger partial charge in [-0.3, -0.25) is 0 Å². The van der Waals surface area contributed by atoms with Crippen LogP contribution in [0.3, 0.4) is 0 Å². The molecule has 0 saturated carbocycles. The number of methoxy groups -OCH3 is 2. The van der Waals surface area contributed by atoms with Gasteiger partial charge in [0, 0.05) is 17.7 Å². The van der Waals surface area contributed by atoms with Gasteiger partial charge in [0.1, 0.15) is 22.0 Å². The van der Waals surface area contributed by atoms with Crippen molar-refractivity contribution >= 4 is 34.2 Å². The minimum atomic E-state index is -0.762. The van der Waals surface area contributed by atoms with Crippen LogP contribution in [0.15, 0.2) is 24.5 Å². The van der Waals surface area contributed by atoms with E-state index in [1.165, 1.54) is 19.2 Å². The second-order valence-corrected chi connectivity index (χ2v) is 5.71. The van der Waals surface area contributed by atoms with Crippen molar-refractivity contribution in [2.75, 3.05) is 20.0 Å². The lowest BCUT2D eigenvalue weighted by Crippen LogP contribution is -2.24. The first-order chi connectivity index (χ1) is 11.9. The van der Waals surface area contributed by atoms with E-state index in [1.54, 1.807) is 0 Å². The Morgan fingerprint density at radius 1 is 1.12 bits per heavy atom. The number of hydrogen-bond acceptors (Lipinski definition) is 9. The number of aromatic nitrogens is 1. The van der Waals surface area contributed by atoms with Crippen LogP contribution in [-0.4, -0.2) is 32.1 Å². The maximum absolute atomic E-state index is 12.0. The van der Waals surface area contributed by atoms with Crippen molar-refractivity contribution < 1.29 is 33.3 Å². The predicted molar refractivity (Wildman–Crippen MR) is 85.9 cm³/mol.